The first-order chi connectivity index (χ1) is 15.1. The molecule has 0 aliphatic rings. The van der Waals surface area contributed by atoms with E-state index in [4.69, 9.17) is 0 Å². The summed E-state index contributed by atoms with van der Waals surface area (Å²) in [7, 11) is 4.13. The van der Waals surface area contributed by atoms with E-state index in [1.807, 2.05) is 66.7 Å². The van der Waals surface area contributed by atoms with Crippen molar-refractivity contribution >= 4 is 5.91 Å². The van der Waals surface area contributed by atoms with E-state index in [-0.39, 0.29) is 23.9 Å². The van der Waals surface area contributed by atoms with Gasteiger partial charge in [0.05, 0.1) is 6.04 Å². The summed E-state index contributed by atoms with van der Waals surface area (Å²) in [5, 5.41) is 6.73. The lowest BCUT2D eigenvalue weighted by atomic mass is 9.84. The molecule has 0 saturated carbocycles. The van der Waals surface area contributed by atoms with E-state index in [1.165, 1.54) is 0 Å². The van der Waals surface area contributed by atoms with Crippen LogP contribution in [-0.2, 0) is 17.9 Å². The van der Waals surface area contributed by atoms with E-state index in [0.29, 0.717) is 13.1 Å². The summed E-state index contributed by atoms with van der Waals surface area (Å²) in [5.41, 5.74) is 3.41. The monoisotopic (exact) mass is 415 g/mol. The topological polar surface area (TPSA) is 44.4 Å². The largest absolute Gasteiger partial charge is 0.351 e. The number of carbonyl (C=O) groups excluding carboxylic acids is 1. The van der Waals surface area contributed by atoms with E-state index in [9.17, 15) is 4.79 Å². The number of amides is 1. The van der Waals surface area contributed by atoms with Crippen molar-refractivity contribution in [1.82, 2.24) is 15.5 Å². The van der Waals surface area contributed by atoms with E-state index in [2.05, 4.69) is 60.8 Å². The van der Waals surface area contributed by atoms with E-state index in [1.54, 1.807) is 0 Å². The fourth-order valence-electron chi connectivity index (χ4n) is 3.85. The Morgan fingerprint density at radius 2 is 1.26 bits per heavy atom. The second-order valence-corrected chi connectivity index (χ2v) is 8.19. The van der Waals surface area contributed by atoms with Crippen molar-refractivity contribution in [2.24, 2.45) is 0 Å². The van der Waals surface area contributed by atoms with Crippen molar-refractivity contribution in [1.29, 1.82) is 0 Å². The number of likely N-dealkylation sites (N-methyl/N-ethyl adjacent to an activating group) is 1. The molecular formula is C27H33N3O. The van der Waals surface area contributed by atoms with Gasteiger partial charge in [0.15, 0.2) is 0 Å². The molecule has 0 aliphatic heterocycles. The number of hydrogen-bond acceptors (Lipinski definition) is 3. The van der Waals surface area contributed by atoms with E-state index >= 15 is 0 Å². The number of nitrogens with one attached hydrogen (secondary N) is 2. The highest BCUT2D eigenvalue weighted by molar-refractivity contribution is 5.83. The zero-order chi connectivity index (χ0) is 22.1. The lowest BCUT2D eigenvalue weighted by Gasteiger charge is -2.35. The highest BCUT2D eigenvalue weighted by Crippen LogP contribution is 2.27. The second kappa shape index (κ2) is 11.4. The maximum absolute atomic E-state index is 13.5. The van der Waals surface area contributed by atoms with Gasteiger partial charge in [-0.1, -0.05) is 91.0 Å². The Morgan fingerprint density at radius 1 is 0.774 bits per heavy atom. The van der Waals surface area contributed by atoms with Crippen LogP contribution in [0.15, 0.2) is 91.0 Å². The van der Waals surface area contributed by atoms with Gasteiger partial charge in [0.25, 0.3) is 0 Å². The predicted molar refractivity (Wildman–Crippen MR) is 128 cm³/mol. The first-order valence-electron chi connectivity index (χ1n) is 10.9. The maximum Gasteiger partial charge on any atom is 0.238 e. The molecule has 31 heavy (non-hydrogen) atoms. The summed E-state index contributed by atoms with van der Waals surface area (Å²) in [6, 6.07) is 30.4. The molecule has 0 bridgehead atoms. The molecule has 3 atom stereocenters. The van der Waals surface area contributed by atoms with Crippen LogP contribution < -0.4 is 10.6 Å². The van der Waals surface area contributed by atoms with Crippen LogP contribution in [0.1, 0.15) is 29.5 Å². The Hall–Kier alpha value is -2.95. The maximum atomic E-state index is 13.5. The Balaban J connectivity index is 1.86. The van der Waals surface area contributed by atoms with Gasteiger partial charge in [0.1, 0.15) is 0 Å². The molecule has 3 aromatic carbocycles. The molecule has 3 rings (SSSR count). The minimum Gasteiger partial charge on any atom is -0.351 e. The minimum absolute atomic E-state index is 0.00399. The van der Waals surface area contributed by atoms with Crippen LogP contribution >= 0.6 is 0 Å². The van der Waals surface area contributed by atoms with Crippen LogP contribution in [0.3, 0.4) is 0 Å². The zero-order valence-electron chi connectivity index (χ0n) is 18.7. The van der Waals surface area contributed by atoms with Crippen molar-refractivity contribution in [2.75, 3.05) is 14.1 Å². The van der Waals surface area contributed by atoms with Gasteiger partial charge in [-0.3, -0.25) is 4.79 Å². The molecular weight excluding hydrogens is 382 g/mol. The normalized spacial score (nSPS) is 14.1. The van der Waals surface area contributed by atoms with Crippen molar-refractivity contribution in [3.05, 3.63) is 108 Å². The summed E-state index contributed by atoms with van der Waals surface area (Å²) in [6.45, 7) is 3.33. The summed E-state index contributed by atoms with van der Waals surface area (Å²) < 4.78 is 0. The summed E-state index contributed by atoms with van der Waals surface area (Å²) in [5.74, 6) is 0.0121. The van der Waals surface area contributed by atoms with Gasteiger partial charge in [0, 0.05) is 25.0 Å². The van der Waals surface area contributed by atoms with Crippen molar-refractivity contribution in [3.8, 4) is 0 Å². The highest BCUT2D eigenvalue weighted by atomic mass is 16.2. The van der Waals surface area contributed by atoms with E-state index < -0.39 is 0 Å². The Morgan fingerprint density at radius 3 is 1.77 bits per heavy atom. The molecule has 4 nitrogen and oxygen atoms in total. The Labute approximate surface area is 186 Å². The molecule has 0 fully saturated rings. The van der Waals surface area contributed by atoms with Crippen LogP contribution in [0, 0.1) is 0 Å². The van der Waals surface area contributed by atoms with Crippen molar-refractivity contribution in [3.63, 3.8) is 0 Å². The third-order valence-electron chi connectivity index (χ3n) is 5.84. The lowest BCUT2D eigenvalue weighted by molar-refractivity contribution is -0.124. The molecule has 0 spiro atoms. The first kappa shape index (κ1) is 22.7. The average molecular weight is 416 g/mol. The fraction of sp³-hybridized carbons (Fsp3) is 0.296. The third kappa shape index (κ3) is 6.51. The molecule has 4 heteroatoms. The van der Waals surface area contributed by atoms with Gasteiger partial charge in [-0.05, 0) is 37.7 Å². The molecule has 1 amide bonds. The molecule has 0 heterocycles. The summed E-state index contributed by atoms with van der Waals surface area (Å²) in [6.07, 6.45) is 0. The molecule has 0 saturated heterocycles. The molecule has 3 aromatic rings. The standard InChI is InChI=1S/C27H33N3O/c1-21(30(2)3)25(24-17-11-6-12-18-24)26(28-19-22-13-7-4-8-14-22)27(31)29-20-23-15-9-5-10-16-23/h4-18,21,25-26,28H,19-20H2,1-3H3,(H,29,31)/t21-,25+,26+/m0/s1. The number of rotatable bonds is 10. The number of carbonyl (C=O) groups is 1. The van der Waals surface area contributed by atoms with Gasteiger partial charge < -0.3 is 15.5 Å². The second-order valence-electron chi connectivity index (χ2n) is 8.19. The smallest absolute Gasteiger partial charge is 0.238 e. The van der Waals surface area contributed by atoms with Gasteiger partial charge in [-0.2, -0.15) is 0 Å². The van der Waals surface area contributed by atoms with Gasteiger partial charge in [-0.15, -0.1) is 0 Å². The van der Waals surface area contributed by atoms with Crippen molar-refractivity contribution in [2.45, 2.75) is 38.0 Å². The molecule has 2 N–H and O–H groups in total. The molecule has 162 valence electrons. The first-order valence-corrected chi connectivity index (χ1v) is 10.9. The van der Waals surface area contributed by atoms with Crippen LogP contribution in [0.2, 0.25) is 0 Å². The minimum atomic E-state index is -0.372. The zero-order valence-corrected chi connectivity index (χ0v) is 18.7. The van der Waals surface area contributed by atoms with Gasteiger partial charge in [0.2, 0.25) is 5.91 Å². The fourth-order valence-corrected chi connectivity index (χ4v) is 3.85. The molecule has 0 aliphatic carbocycles. The lowest BCUT2D eigenvalue weighted by Crippen LogP contribution is -2.52. The van der Waals surface area contributed by atoms with Crippen LogP contribution in [0.5, 0.6) is 0 Å². The van der Waals surface area contributed by atoms with Crippen LogP contribution in [-0.4, -0.2) is 37.0 Å². The SMILES string of the molecule is C[C@@H]([C@H](c1ccccc1)[C@@H](NCc1ccccc1)C(=O)NCc1ccccc1)N(C)C. The molecule has 0 radical (unpaired) electrons. The summed E-state index contributed by atoms with van der Waals surface area (Å²) >= 11 is 0. The summed E-state index contributed by atoms with van der Waals surface area (Å²) in [4.78, 5) is 15.7. The van der Waals surface area contributed by atoms with Crippen molar-refractivity contribution < 1.29 is 4.79 Å². The predicted octanol–water partition coefficient (Wildman–Crippen LogP) is 4.20. The number of benzene rings is 3. The Kier molecular flexibility index (Phi) is 8.39. The average Bonchev–Trinajstić information content (AvgIpc) is 2.81. The molecule has 0 aromatic heterocycles. The van der Waals surface area contributed by atoms with Gasteiger partial charge in [-0.25, -0.2) is 0 Å². The van der Waals surface area contributed by atoms with Crippen LogP contribution in [0.4, 0.5) is 0 Å². The van der Waals surface area contributed by atoms with Gasteiger partial charge >= 0.3 is 0 Å². The number of nitrogens with zero attached hydrogens (tertiary/aromatic N) is 1. The quantitative estimate of drug-likeness (QED) is 0.522. The highest BCUT2D eigenvalue weighted by Gasteiger charge is 2.34. The molecule has 0 unspecified atom stereocenters. The van der Waals surface area contributed by atoms with Crippen LogP contribution in [0.25, 0.3) is 0 Å². The Bertz CT molecular complexity index is 913. The van der Waals surface area contributed by atoms with E-state index in [0.717, 1.165) is 16.7 Å². The number of hydrogen-bond donors (Lipinski definition) is 2. The third-order valence-corrected chi connectivity index (χ3v) is 5.84.